The summed E-state index contributed by atoms with van der Waals surface area (Å²) in [5.41, 5.74) is 3.56. The largest absolute Gasteiger partial charge is 0.374 e. The van der Waals surface area contributed by atoms with E-state index in [0.717, 1.165) is 44.0 Å². The highest BCUT2D eigenvalue weighted by Crippen LogP contribution is 2.27. The number of hydrogen-bond donors (Lipinski definition) is 1. The standard InChI is InChI=1S/C18H26N2O/c1-20-12-2-3-15-13-16(5-6-17(15)20)18(21)7-4-14-8-10-19-11-9-14/h5-6,13-14,19H,2-4,7-12H2,1H3. The number of hydrogen-bond acceptors (Lipinski definition) is 3. The Morgan fingerprint density at radius 1 is 1.33 bits per heavy atom. The highest BCUT2D eigenvalue weighted by molar-refractivity contribution is 5.96. The van der Waals surface area contributed by atoms with Gasteiger partial charge in [-0.15, -0.1) is 0 Å². The molecule has 3 rings (SSSR count). The summed E-state index contributed by atoms with van der Waals surface area (Å²) >= 11 is 0. The van der Waals surface area contributed by atoms with Crippen LogP contribution in [0.4, 0.5) is 5.69 Å². The molecule has 0 atom stereocenters. The number of rotatable bonds is 4. The lowest BCUT2D eigenvalue weighted by atomic mass is 9.90. The normalized spacial score (nSPS) is 19.4. The number of nitrogens with zero attached hydrogens (tertiary/aromatic N) is 1. The van der Waals surface area contributed by atoms with Crippen molar-refractivity contribution in [3.63, 3.8) is 0 Å². The molecule has 0 aliphatic carbocycles. The highest BCUT2D eigenvalue weighted by Gasteiger charge is 2.18. The molecule has 1 saturated heterocycles. The number of benzene rings is 1. The predicted octanol–water partition coefficient (Wildman–Crippen LogP) is 3.03. The molecule has 3 nitrogen and oxygen atoms in total. The van der Waals surface area contributed by atoms with Crippen LogP contribution in [0.1, 0.15) is 48.0 Å². The number of nitrogens with one attached hydrogen (secondary N) is 1. The molecule has 0 bridgehead atoms. The minimum Gasteiger partial charge on any atom is -0.374 e. The molecule has 2 aliphatic rings. The van der Waals surface area contributed by atoms with E-state index >= 15 is 0 Å². The molecule has 0 spiro atoms. The first-order chi connectivity index (χ1) is 10.2. The third-order valence-electron chi connectivity index (χ3n) is 4.99. The van der Waals surface area contributed by atoms with Crippen molar-refractivity contribution in [2.75, 3.05) is 31.6 Å². The van der Waals surface area contributed by atoms with Crippen molar-refractivity contribution in [2.24, 2.45) is 5.92 Å². The Bertz CT molecular complexity index is 506. The van der Waals surface area contributed by atoms with Gasteiger partial charge in [0, 0.05) is 31.3 Å². The fourth-order valence-electron chi connectivity index (χ4n) is 3.61. The van der Waals surface area contributed by atoms with Gasteiger partial charge < -0.3 is 10.2 Å². The van der Waals surface area contributed by atoms with Gasteiger partial charge in [-0.1, -0.05) is 0 Å². The molecular formula is C18H26N2O. The Morgan fingerprint density at radius 3 is 2.95 bits per heavy atom. The third kappa shape index (κ3) is 3.46. The smallest absolute Gasteiger partial charge is 0.162 e. The van der Waals surface area contributed by atoms with Crippen LogP contribution in [0.2, 0.25) is 0 Å². The van der Waals surface area contributed by atoms with Crippen molar-refractivity contribution in [3.8, 4) is 0 Å². The Morgan fingerprint density at radius 2 is 2.14 bits per heavy atom. The monoisotopic (exact) mass is 286 g/mol. The minimum atomic E-state index is 0.324. The van der Waals surface area contributed by atoms with Gasteiger partial charge in [-0.05, 0) is 74.9 Å². The van der Waals surface area contributed by atoms with Gasteiger partial charge in [-0.3, -0.25) is 4.79 Å². The molecule has 2 heterocycles. The molecule has 1 aromatic rings. The number of piperidine rings is 1. The van der Waals surface area contributed by atoms with E-state index < -0.39 is 0 Å². The van der Waals surface area contributed by atoms with Crippen LogP contribution >= 0.6 is 0 Å². The molecule has 3 heteroatoms. The first-order valence-corrected chi connectivity index (χ1v) is 8.32. The Labute approximate surface area is 127 Å². The fraction of sp³-hybridized carbons (Fsp3) is 0.611. The van der Waals surface area contributed by atoms with Gasteiger partial charge in [0.2, 0.25) is 0 Å². The number of Topliss-reactive ketones (excluding diaryl/α,β-unsaturated/α-hetero) is 1. The average molecular weight is 286 g/mol. The lowest BCUT2D eigenvalue weighted by Crippen LogP contribution is -2.28. The third-order valence-corrected chi connectivity index (χ3v) is 4.99. The van der Waals surface area contributed by atoms with Crippen molar-refractivity contribution in [1.29, 1.82) is 0 Å². The number of anilines is 1. The number of aryl methyl sites for hydroxylation is 1. The van der Waals surface area contributed by atoms with Gasteiger partial charge in [0.25, 0.3) is 0 Å². The lowest BCUT2D eigenvalue weighted by Gasteiger charge is -2.27. The van der Waals surface area contributed by atoms with Crippen molar-refractivity contribution in [3.05, 3.63) is 29.3 Å². The first kappa shape index (κ1) is 14.6. The minimum absolute atomic E-state index is 0.324. The molecule has 1 N–H and O–H groups in total. The summed E-state index contributed by atoms with van der Waals surface area (Å²) in [6, 6.07) is 6.29. The predicted molar refractivity (Wildman–Crippen MR) is 87.2 cm³/mol. The van der Waals surface area contributed by atoms with Gasteiger partial charge in [0.1, 0.15) is 0 Å². The summed E-state index contributed by atoms with van der Waals surface area (Å²) in [5.74, 6) is 1.06. The Hall–Kier alpha value is -1.35. The summed E-state index contributed by atoms with van der Waals surface area (Å²) < 4.78 is 0. The van der Waals surface area contributed by atoms with E-state index in [4.69, 9.17) is 0 Å². The average Bonchev–Trinajstić information content (AvgIpc) is 2.53. The quantitative estimate of drug-likeness (QED) is 0.864. The second-order valence-corrected chi connectivity index (χ2v) is 6.52. The topological polar surface area (TPSA) is 32.3 Å². The molecule has 0 amide bonds. The van der Waals surface area contributed by atoms with Crippen LogP contribution in [-0.2, 0) is 6.42 Å². The Balaban J connectivity index is 1.62. The Kier molecular flexibility index (Phi) is 4.59. The highest BCUT2D eigenvalue weighted by atomic mass is 16.1. The van der Waals surface area contributed by atoms with Gasteiger partial charge >= 0.3 is 0 Å². The molecule has 1 fully saturated rings. The summed E-state index contributed by atoms with van der Waals surface area (Å²) in [4.78, 5) is 14.7. The molecule has 0 saturated carbocycles. The van der Waals surface area contributed by atoms with Crippen molar-refractivity contribution >= 4 is 11.5 Å². The summed E-state index contributed by atoms with van der Waals surface area (Å²) in [6.07, 6.45) is 6.51. The van der Waals surface area contributed by atoms with Crippen LogP contribution in [0.25, 0.3) is 0 Å². The maximum absolute atomic E-state index is 12.4. The SMILES string of the molecule is CN1CCCc2cc(C(=O)CCC3CCNCC3)ccc21. The number of fused-ring (bicyclic) bond motifs is 1. The zero-order chi connectivity index (χ0) is 14.7. The summed E-state index contributed by atoms with van der Waals surface area (Å²) in [6.45, 7) is 3.35. The number of carbonyl (C=O) groups excluding carboxylic acids is 1. The second kappa shape index (κ2) is 6.61. The van der Waals surface area contributed by atoms with Crippen LogP contribution in [0, 0.1) is 5.92 Å². The molecule has 1 aromatic carbocycles. The van der Waals surface area contributed by atoms with E-state index in [1.807, 2.05) is 6.07 Å². The van der Waals surface area contributed by atoms with Crippen molar-refractivity contribution in [1.82, 2.24) is 5.32 Å². The van der Waals surface area contributed by atoms with Crippen molar-refractivity contribution < 1.29 is 4.79 Å². The van der Waals surface area contributed by atoms with Gasteiger partial charge in [-0.25, -0.2) is 0 Å². The van der Waals surface area contributed by atoms with E-state index in [2.05, 4.69) is 29.4 Å². The number of carbonyl (C=O) groups is 1. The summed E-state index contributed by atoms with van der Waals surface area (Å²) in [5, 5.41) is 3.38. The van der Waals surface area contributed by atoms with E-state index in [1.165, 1.54) is 30.5 Å². The van der Waals surface area contributed by atoms with Crippen LogP contribution in [0.3, 0.4) is 0 Å². The van der Waals surface area contributed by atoms with Gasteiger partial charge in [0.15, 0.2) is 5.78 Å². The van der Waals surface area contributed by atoms with Crippen LogP contribution in [0.5, 0.6) is 0 Å². The van der Waals surface area contributed by atoms with Crippen molar-refractivity contribution in [2.45, 2.75) is 38.5 Å². The molecule has 0 aromatic heterocycles. The molecular weight excluding hydrogens is 260 g/mol. The maximum atomic E-state index is 12.4. The fourth-order valence-corrected chi connectivity index (χ4v) is 3.61. The van der Waals surface area contributed by atoms with E-state index in [9.17, 15) is 4.79 Å². The first-order valence-electron chi connectivity index (χ1n) is 8.32. The zero-order valence-electron chi connectivity index (χ0n) is 13.0. The molecule has 114 valence electrons. The molecule has 0 unspecified atom stereocenters. The molecule has 0 radical (unpaired) electrons. The van der Waals surface area contributed by atoms with E-state index in [-0.39, 0.29) is 0 Å². The van der Waals surface area contributed by atoms with E-state index in [0.29, 0.717) is 12.2 Å². The van der Waals surface area contributed by atoms with E-state index in [1.54, 1.807) is 0 Å². The van der Waals surface area contributed by atoms with Gasteiger partial charge in [-0.2, -0.15) is 0 Å². The second-order valence-electron chi connectivity index (χ2n) is 6.52. The van der Waals surface area contributed by atoms with Crippen LogP contribution in [-0.4, -0.2) is 32.5 Å². The summed E-state index contributed by atoms with van der Waals surface area (Å²) in [7, 11) is 2.14. The maximum Gasteiger partial charge on any atom is 0.162 e. The zero-order valence-corrected chi connectivity index (χ0v) is 13.0. The number of ketones is 1. The van der Waals surface area contributed by atoms with Gasteiger partial charge in [0.05, 0.1) is 0 Å². The molecule has 2 aliphatic heterocycles. The van der Waals surface area contributed by atoms with Crippen LogP contribution in [0.15, 0.2) is 18.2 Å². The van der Waals surface area contributed by atoms with Crippen LogP contribution < -0.4 is 10.2 Å². The lowest BCUT2D eigenvalue weighted by molar-refractivity contribution is 0.0970. The molecule has 21 heavy (non-hydrogen) atoms.